The molecule has 0 bridgehead atoms. The summed E-state index contributed by atoms with van der Waals surface area (Å²) in [6, 6.07) is 15.5. The Morgan fingerprint density at radius 2 is 1.90 bits per heavy atom. The van der Waals surface area contributed by atoms with Crippen LogP contribution in [0, 0.1) is 0 Å². The van der Waals surface area contributed by atoms with Crippen LogP contribution < -0.4 is 5.32 Å². The molecule has 0 amide bonds. The molecule has 4 nitrogen and oxygen atoms in total. The number of anilines is 1. The highest BCUT2D eigenvalue weighted by atomic mass is 16.5. The van der Waals surface area contributed by atoms with Crippen molar-refractivity contribution in [3.63, 3.8) is 0 Å². The fourth-order valence-electron chi connectivity index (χ4n) is 2.17. The number of carbonyl (C=O) groups excluding carboxylic acids is 1. The third-order valence-electron chi connectivity index (χ3n) is 3.23. The second-order valence-electron chi connectivity index (χ2n) is 4.57. The molecule has 4 heteroatoms. The smallest absolute Gasteiger partial charge is 0.339 e. The molecule has 0 heterocycles. The van der Waals surface area contributed by atoms with Crippen LogP contribution in [0.15, 0.2) is 48.5 Å². The van der Waals surface area contributed by atoms with E-state index < -0.39 is 12.1 Å². The Morgan fingerprint density at radius 1 is 1.19 bits per heavy atom. The molecule has 0 spiro atoms. The minimum atomic E-state index is -1.28. The van der Waals surface area contributed by atoms with E-state index in [1.54, 1.807) is 20.0 Å². The zero-order valence-electron chi connectivity index (χ0n) is 12.2. The van der Waals surface area contributed by atoms with E-state index in [0.717, 1.165) is 11.1 Å². The van der Waals surface area contributed by atoms with Gasteiger partial charge in [-0.3, -0.25) is 0 Å². The molecular formula is C17H19NO3. The summed E-state index contributed by atoms with van der Waals surface area (Å²) in [5, 5.41) is 13.1. The van der Waals surface area contributed by atoms with E-state index in [4.69, 9.17) is 4.74 Å². The molecule has 110 valence electrons. The maximum Gasteiger partial charge on any atom is 0.339 e. The first kappa shape index (κ1) is 15.1. The zero-order chi connectivity index (χ0) is 15.2. The van der Waals surface area contributed by atoms with Crippen LogP contribution in [0.2, 0.25) is 0 Å². The van der Waals surface area contributed by atoms with E-state index in [-0.39, 0.29) is 6.61 Å². The number of nitrogens with one attached hydrogen (secondary N) is 1. The lowest BCUT2D eigenvalue weighted by molar-refractivity contribution is -0.153. The maximum absolute atomic E-state index is 11.7. The normalized spacial score (nSPS) is 11.8. The highest BCUT2D eigenvalue weighted by Gasteiger charge is 2.21. The summed E-state index contributed by atoms with van der Waals surface area (Å²) < 4.78 is 4.86. The van der Waals surface area contributed by atoms with Crippen molar-refractivity contribution in [2.75, 3.05) is 19.0 Å². The van der Waals surface area contributed by atoms with Crippen molar-refractivity contribution in [1.82, 2.24) is 0 Å². The first-order valence-corrected chi connectivity index (χ1v) is 6.89. The van der Waals surface area contributed by atoms with Crippen LogP contribution in [0.3, 0.4) is 0 Å². The zero-order valence-corrected chi connectivity index (χ0v) is 12.2. The molecule has 2 aromatic carbocycles. The molecule has 0 radical (unpaired) electrons. The van der Waals surface area contributed by atoms with Gasteiger partial charge in [0.1, 0.15) is 0 Å². The van der Waals surface area contributed by atoms with Crippen LogP contribution in [0.5, 0.6) is 0 Å². The van der Waals surface area contributed by atoms with E-state index in [1.807, 2.05) is 42.5 Å². The molecule has 2 aromatic rings. The van der Waals surface area contributed by atoms with E-state index in [0.29, 0.717) is 11.3 Å². The standard InChI is InChI=1S/C17H19NO3/c1-3-21-17(20)16(19)14-10-9-13(11-15(14)18-2)12-7-5-4-6-8-12/h4-11,16,18-19H,3H2,1-2H3. The average molecular weight is 285 g/mol. The van der Waals surface area contributed by atoms with Gasteiger partial charge in [0, 0.05) is 18.3 Å². The molecule has 1 unspecified atom stereocenters. The fraction of sp³-hybridized carbons (Fsp3) is 0.235. The summed E-state index contributed by atoms with van der Waals surface area (Å²) in [5.74, 6) is -0.638. The molecular weight excluding hydrogens is 266 g/mol. The fourth-order valence-corrected chi connectivity index (χ4v) is 2.17. The van der Waals surface area contributed by atoms with Crippen molar-refractivity contribution in [2.24, 2.45) is 0 Å². The Bertz CT molecular complexity index is 611. The number of carbonyl (C=O) groups is 1. The number of aliphatic hydroxyl groups is 1. The largest absolute Gasteiger partial charge is 0.464 e. The number of rotatable bonds is 5. The second kappa shape index (κ2) is 6.90. The Labute approximate surface area is 124 Å². The minimum Gasteiger partial charge on any atom is -0.464 e. The predicted molar refractivity (Wildman–Crippen MR) is 83.0 cm³/mol. The highest BCUT2D eigenvalue weighted by Crippen LogP contribution is 2.29. The summed E-state index contributed by atoms with van der Waals surface area (Å²) >= 11 is 0. The average Bonchev–Trinajstić information content (AvgIpc) is 2.54. The van der Waals surface area contributed by atoms with Gasteiger partial charge in [-0.15, -0.1) is 0 Å². The van der Waals surface area contributed by atoms with Gasteiger partial charge in [-0.05, 0) is 24.1 Å². The molecule has 0 aliphatic carbocycles. The van der Waals surface area contributed by atoms with Gasteiger partial charge in [0.2, 0.25) is 0 Å². The topological polar surface area (TPSA) is 58.6 Å². The van der Waals surface area contributed by atoms with Crippen molar-refractivity contribution in [1.29, 1.82) is 0 Å². The summed E-state index contributed by atoms with van der Waals surface area (Å²) in [5.41, 5.74) is 3.30. The first-order valence-electron chi connectivity index (χ1n) is 6.89. The lowest BCUT2D eigenvalue weighted by Gasteiger charge is -2.15. The predicted octanol–water partition coefficient (Wildman–Crippen LogP) is 2.99. The molecule has 0 fully saturated rings. The van der Waals surface area contributed by atoms with Crippen LogP contribution in [0.1, 0.15) is 18.6 Å². The quantitative estimate of drug-likeness (QED) is 0.829. The van der Waals surface area contributed by atoms with Crippen molar-refractivity contribution < 1.29 is 14.6 Å². The van der Waals surface area contributed by atoms with Crippen molar-refractivity contribution in [3.8, 4) is 11.1 Å². The number of esters is 1. The van der Waals surface area contributed by atoms with E-state index >= 15 is 0 Å². The van der Waals surface area contributed by atoms with E-state index in [9.17, 15) is 9.90 Å². The minimum absolute atomic E-state index is 0.243. The Hall–Kier alpha value is -2.33. The van der Waals surface area contributed by atoms with Crippen molar-refractivity contribution in [2.45, 2.75) is 13.0 Å². The lowest BCUT2D eigenvalue weighted by atomic mass is 9.99. The summed E-state index contributed by atoms with van der Waals surface area (Å²) in [7, 11) is 1.76. The van der Waals surface area contributed by atoms with Crippen LogP contribution in [0.4, 0.5) is 5.69 Å². The van der Waals surface area contributed by atoms with Gasteiger partial charge in [-0.2, -0.15) is 0 Å². The van der Waals surface area contributed by atoms with E-state index in [1.165, 1.54) is 0 Å². The van der Waals surface area contributed by atoms with Gasteiger partial charge in [0.15, 0.2) is 6.10 Å². The van der Waals surface area contributed by atoms with Gasteiger partial charge < -0.3 is 15.2 Å². The molecule has 0 aromatic heterocycles. The van der Waals surface area contributed by atoms with E-state index in [2.05, 4.69) is 5.32 Å². The summed E-state index contributed by atoms with van der Waals surface area (Å²) in [6.07, 6.45) is -1.28. The molecule has 0 aliphatic rings. The third kappa shape index (κ3) is 3.41. The highest BCUT2D eigenvalue weighted by molar-refractivity contribution is 5.80. The second-order valence-corrected chi connectivity index (χ2v) is 4.57. The van der Waals surface area contributed by atoms with Gasteiger partial charge in [0.05, 0.1) is 6.61 Å². The maximum atomic E-state index is 11.7. The van der Waals surface area contributed by atoms with Gasteiger partial charge >= 0.3 is 5.97 Å². The Kier molecular flexibility index (Phi) is 4.95. The molecule has 1 atom stereocenters. The Morgan fingerprint density at radius 3 is 2.52 bits per heavy atom. The molecule has 0 saturated carbocycles. The number of aliphatic hydroxyl groups excluding tert-OH is 1. The van der Waals surface area contributed by atoms with Crippen LogP contribution in [-0.4, -0.2) is 24.7 Å². The number of hydrogen-bond donors (Lipinski definition) is 2. The summed E-state index contributed by atoms with van der Waals surface area (Å²) in [4.78, 5) is 11.7. The van der Waals surface area contributed by atoms with Gasteiger partial charge in [-0.25, -0.2) is 4.79 Å². The summed E-state index contributed by atoms with van der Waals surface area (Å²) in [6.45, 7) is 1.95. The van der Waals surface area contributed by atoms with Crippen LogP contribution in [0.25, 0.3) is 11.1 Å². The van der Waals surface area contributed by atoms with Crippen LogP contribution in [-0.2, 0) is 9.53 Å². The molecule has 21 heavy (non-hydrogen) atoms. The van der Waals surface area contributed by atoms with Crippen molar-refractivity contribution >= 4 is 11.7 Å². The van der Waals surface area contributed by atoms with Crippen molar-refractivity contribution in [3.05, 3.63) is 54.1 Å². The first-order chi connectivity index (χ1) is 10.2. The lowest BCUT2D eigenvalue weighted by Crippen LogP contribution is -2.16. The van der Waals surface area contributed by atoms with Crippen LogP contribution >= 0.6 is 0 Å². The molecule has 2 rings (SSSR count). The Balaban J connectivity index is 2.35. The monoisotopic (exact) mass is 285 g/mol. The molecule has 2 N–H and O–H groups in total. The van der Waals surface area contributed by atoms with Gasteiger partial charge in [0.25, 0.3) is 0 Å². The molecule has 0 aliphatic heterocycles. The number of benzene rings is 2. The number of hydrogen-bond acceptors (Lipinski definition) is 4. The third-order valence-corrected chi connectivity index (χ3v) is 3.23. The number of ether oxygens (including phenoxy) is 1. The molecule has 0 saturated heterocycles. The SMILES string of the molecule is CCOC(=O)C(O)c1ccc(-c2ccccc2)cc1NC. The van der Waals surface area contributed by atoms with Gasteiger partial charge in [-0.1, -0.05) is 42.5 Å².